The van der Waals surface area contributed by atoms with E-state index in [0.717, 1.165) is 55.2 Å². The molecule has 0 spiro atoms. The van der Waals surface area contributed by atoms with Gasteiger partial charge in [0.15, 0.2) is 0 Å². The molecule has 3 aromatic rings. The van der Waals surface area contributed by atoms with Crippen LogP contribution in [0.15, 0.2) is 54.6 Å². The van der Waals surface area contributed by atoms with Crippen molar-refractivity contribution in [1.29, 1.82) is 0 Å². The van der Waals surface area contributed by atoms with Gasteiger partial charge in [-0.1, -0.05) is 43.2 Å². The van der Waals surface area contributed by atoms with E-state index in [-0.39, 0.29) is 17.9 Å². The highest BCUT2D eigenvalue weighted by atomic mass is 16.5. The molecule has 2 amide bonds. The van der Waals surface area contributed by atoms with Crippen molar-refractivity contribution in [2.45, 2.75) is 63.6 Å². The average molecular weight is 460 g/mol. The Morgan fingerprint density at radius 2 is 1.88 bits per heavy atom. The van der Waals surface area contributed by atoms with Crippen LogP contribution in [0.2, 0.25) is 0 Å². The molecular formula is C28H33N3O3. The Hall–Kier alpha value is -3.28. The second-order valence-corrected chi connectivity index (χ2v) is 9.82. The molecule has 34 heavy (non-hydrogen) atoms. The molecular weight excluding hydrogens is 426 g/mol. The van der Waals surface area contributed by atoms with E-state index in [1.54, 1.807) is 7.11 Å². The van der Waals surface area contributed by atoms with E-state index in [2.05, 4.69) is 17.4 Å². The van der Waals surface area contributed by atoms with Crippen LogP contribution >= 0.6 is 0 Å². The Kier molecular flexibility index (Phi) is 6.07. The van der Waals surface area contributed by atoms with Gasteiger partial charge in [-0.25, -0.2) is 0 Å². The van der Waals surface area contributed by atoms with E-state index in [1.807, 2.05) is 58.9 Å². The number of nitrogens with one attached hydrogen (secondary N) is 1. The third-order valence-electron chi connectivity index (χ3n) is 7.51. The summed E-state index contributed by atoms with van der Waals surface area (Å²) in [6, 6.07) is 18.3. The molecule has 178 valence electrons. The minimum absolute atomic E-state index is 0.0529. The van der Waals surface area contributed by atoms with Gasteiger partial charge in [-0.2, -0.15) is 0 Å². The van der Waals surface area contributed by atoms with Crippen molar-refractivity contribution >= 4 is 22.7 Å². The Morgan fingerprint density at radius 1 is 1.12 bits per heavy atom. The van der Waals surface area contributed by atoms with E-state index >= 15 is 0 Å². The molecule has 2 aliphatic rings. The van der Waals surface area contributed by atoms with Gasteiger partial charge >= 0.3 is 0 Å². The van der Waals surface area contributed by atoms with Crippen LogP contribution in [0.25, 0.3) is 10.9 Å². The van der Waals surface area contributed by atoms with Crippen molar-refractivity contribution in [2.75, 3.05) is 13.7 Å². The molecule has 2 aromatic carbocycles. The summed E-state index contributed by atoms with van der Waals surface area (Å²) in [6.07, 6.45) is 5.99. The third kappa shape index (κ3) is 4.06. The summed E-state index contributed by atoms with van der Waals surface area (Å²) < 4.78 is 7.43. The summed E-state index contributed by atoms with van der Waals surface area (Å²) >= 11 is 0. The number of hydrogen-bond acceptors (Lipinski definition) is 3. The fourth-order valence-electron chi connectivity index (χ4n) is 5.50. The standard InChI is InChI=1S/C28H33N3O3/c1-28(27(33)29-22-12-6-7-13-22)19-30-24-18-23(34-2)15-14-21(24)17-25(30)26(32)31(28)16-8-11-20-9-4-3-5-10-20/h3-5,9-10,14-15,17-18,22H,6-8,11-13,16,19H2,1-2H3,(H,29,33)/t28-/m0/s1. The van der Waals surface area contributed by atoms with Crippen LogP contribution in [0.4, 0.5) is 0 Å². The SMILES string of the molecule is COc1ccc2cc3n(c2c1)C[C@@](C)(C(=O)NC1CCCC1)N(CCCc1ccccc1)C3=O. The summed E-state index contributed by atoms with van der Waals surface area (Å²) in [5.41, 5.74) is 1.84. The number of nitrogens with zero attached hydrogens (tertiary/aromatic N) is 2. The number of aryl methyl sites for hydroxylation is 1. The molecule has 6 heteroatoms. The molecule has 0 radical (unpaired) electrons. The maximum Gasteiger partial charge on any atom is 0.271 e. The van der Waals surface area contributed by atoms with Crippen molar-refractivity contribution in [1.82, 2.24) is 14.8 Å². The molecule has 2 heterocycles. The number of aromatic nitrogens is 1. The first-order chi connectivity index (χ1) is 16.5. The molecule has 5 rings (SSSR count). The average Bonchev–Trinajstić information content (AvgIpc) is 3.49. The first-order valence-electron chi connectivity index (χ1n) is 12.3. The number of carbonyl (C=O) groups excluding carboxylic acids is 2. The minimum atomic E-state index is -0.960. The van der Waals surface area contributed by atoms with Gasteiger partial charge in [0.25, 0.3) is 5.91 Å². The lowest BCUT2D eigenvalue weighted by Crippen LogP contribution is -2.64. The van der Waals surface area contributed by atoms with Crippen molar-refractivity contribution < 1.29 is 14.3 Å². The highest BCUT2D eigenvalue weighted by molar-refractivity contribution is 6.03. The molecule has 1 atom stereocenters. The van der Waals surface area contributed by atoms with Crippen molar-refractivity contribution in [3.63, 3.8) is 0 Å². The molecule has 0 bridgehead atoms. The number of rotatable bonds is 7. The van der Waals surface area contributed by atoms with Gasteiger partial charge < -0.3 is 19.5 Å². The zero-order valence-electron chi connectivity index (χ0n) is 20.0. The third-order valence-corrected chi connectivity index (χ3v) is 7.51. The normalized spacial score (nSPS) is 20.5. The smallest absolute Gasteiger partial charge is 0.271 e. The van der Waals surface area contributed by atoms with Crippen LogP contribution in [0.3, 0.4) is 0 Å². The Morgan fingerprint density at radius 3 is 2.62 bits per heavy atom. The van der Waals surface area contributed by atoms with Gasteiger partial charge in [0.2, 0.25) is 5.91 Å². The van der Waals surface area contributed by atoms with Crippen molar-refractivity contribution in [3.05, 3.63) is 65.9 Å². The zero-order chi connectivity index (χ0) is 23.7. The van der Waals surface area contributed by atoms with E-state index in [9.17, 15) is 9.59 Å². The van der Waals surface area contributed by atoms with Gasteiger partial charge in [-0.05, 0) is 56.4 Å². The van der Waals surface area contributed by atoms with Gasteiger partial charge in [0, 0.05) is 24.0 Å². The van der Waals surface area contributed by atoms with Gasteiger partial charge in [-0.15, -0.1) is 0 Å². The predicted octanol–water partition coefficient (Wildman–Crippen LogP) is 4.56. The summed E-state index contributed by atoms with van der Waals surface area (Å²) in [4.78, 5) is 29.4. The molecule has 0 unspecified atom stereocenters. The summed E-state index contributed by atoms with van der Waals surface area (Å²) in [5, 5.41) is 4.25. The zero-order valence-corrected chi connectivity index (χ0v) is 20.0. The molecule has 6 nitrogen and oxygen atoms in total. The molecule has 1 aliphatic heterocycles. The number of ether oxygens (including phenoxy) is 1. The lowest BCUT2D eigenvalue weighted by atomic mass is 9.93. The number of amides is 2. The molecule has 1 aromatic heterocycles. The first kappa shape index (κ1) is 22.5. The fourth-order valence-corrected chi connectivity index (χ4v) is 5.50. The molecule has 1 saturated carbocycles. The Labute approximate surface area is 200 Å². The van der Waals surface area contributed by atoms with Crippen LogP contribution in [0.5, 0.6) is 5.75 Å². The van der Waals surface area contributed by atoms with E-state index < -0.39 is 5.54 Å². The Balaban J connectivity index is 1.47. The van der Waals surface area contributed by atoms with Crippen LogP contribution in [-0.2, 0) is 17.8 Å². The highest BCUT2D eigenvalue weighted by Gasteiger charge is 2.48. The quantitative estimate of drug-likeness (QED) is 0.564. The fraction of sp³-hybridized carbons (Fsp3) is 0.429. The second-order valence-electron chi connectivity index (χ2n) is 9.82. The lowest BCUT2D eigenvalue weighted by Gasteiger charge is -2.44. The van der Waals surface area contributed by atoms with Gasteiger partial charge in [0.05, 0.1) is 19.2 Å². The van der Waals surface area contributed by atoms with E-state index in [4.69, 9.17) is 4.74 Å². The summed E-state index contributed by atoms with van der Waals surface area (Å²) in [5.74, 6) is 0.602. The number of hydrogen-bond donors (Lipinski definition) is 1. The maximum absolute atomic E-state index is 13.8. The van der Waals surface area contributed by atoms with Crippen molar-refractivity contribution in [3.8, 4) is 5.75 Å². The summed E-state index contributed by atoms with van der Waals surface area (Å²) in [6.45, 7) is 2.88. The highest BCUT2D eigenvalue weighted by Crippen LogP contribution is 2.34. The Bertz CT molecular complexity index is 1200. The number of carbonyl (C=O) groups is 2. The van der Waals surface area contributed by atoms with Crippen molar-refractivity contribution in [2.24, 2.45) is 0 Å². The number of fused-ring (bicyclic) bond motifs is 3. The van der Waals surface area contributed by atoms with Crippen LogP contribution in [-0.4, -0.2) is 46.5 Å². The largest absolute Gasteiger partial charge is 0.497 e. The topological polar surface area (TPSA) is 63.6 Å². The monoisotopic (exact) mass is 459 g/mol. The van der Waals surface area contributed by atoms with Gasteiger partial charge in [0.1, 0.15) is 17.0 Å². The second kappa shape index (κ2) is 9.16. The number of benzene rings is 2. The number of methoxy groups -OCH3 is 1. The molecule has 1 aliphatic carbocycles. The molecule has 0 saturated heterocycles. The van der Waals surface area contributed by atoms with Crippen LogP contribution in [0.1, 0.15) is 55.1 Å². The predicted molar refractivity (Wildman–Crippen MR) is 133 cm³/mol. The lowest BCUT2D eigenvalue weighted by molar-refractivity contribution is -0.133. The maximum atomic E-state index is 13.8. The molecule has 1 N–H and O–H groups in total. The van der Waals surface area contributed by atoms with E-state index in [1.165, 1.54) is 5.56 Å². The minimum Gasteiger partial charge on any atom is -0.497 e. The van der Waals surface area contributed by atoms with Crippen LogP contribution in [0, 0.1) is 0 Å². The molecule has 1 fully saturated rings. The summed E-state index contributed by atoms with van der Waals surface area (Å²) in [7, 11) is 1.64. The van der Waals surface area contributed by atoms with E-state index in [0.29, 0.717) is 18.8 Å². The van der Waals surface area contributed by atoms with Crippen LogP contribution < -0.4 is 10.1 Å². The van der Waals surface area contributed by atoms with Gasteiger partial charge in [-0.3, -0.25) is 9.59 Å². The first-order valence-corrected chi connectivity index (χ1v) is 12.3.